The number of nitrogens with zero attached hydrogens (tertiary/aromatic N) is 4. The molecule has 0 unspecified atom stereocenters. The van der Waals surface area contributed by atoms with Gasteiger partial charge in [0.25, 0.3) is 5.91 Å². The molecule has 1 aromatic heterocycles. The molecule has 0 aliphatic carbocycles. The van der Waals surface area contributed by atoms with E-state index in [1.54, 1.807) is 0 Å². The van der Waals surface area contributed by atoms with E-state index in [-0.39, 0.29) is 17.9 Å². The molecule has 1 aromatic carbocycles. The number of carbonyl (C=O) groups excluding carboxylic acids is 2. The average molecular weight is 341 g/mol. The van der Waals surface area contributed by atoms with Gasteiger partial charge in [0, 0.05) is 25.1 Å². The topological polar surface area (TPSA) is 94.1 Å². The van der Waals surface area contributed by atoms with E-state index in [0.717, 1.165) is 17.0 Å². The first-order valence-corrected chi connectivity index (χ1v) is 8.36. The lowest BCUT2D eigenvalue weighted by molar-refractivity contribution is -0.117. The zero-order valence-corrected chi connectivity index (χ0v) is 14.8. The van der Waals surface area contributed by atoms with Crippen molar-refractivity contribution in [3.05, 3.63) is 47.0 Å². The van der Waals surface area contributed by atoms with Gasteiger partial charge in [-0.2, -0.15) is 5.10 Å². The highest BCUT2D eigenvalue weighted by Crippen LogP contribution is 2.23. The Morgan fingerprint density at radius 2 is 2.00 bits per heavy atom. The largest absolute Gasteiger partial charge is 0.369 e. The molecule has 0 spiro atoms. The number of rotatable bonds is 5. The van der Waals surface area contributed by atoms with Crippen LogP contribution in [0.25, 0.3) is 0 Å². The molecular formula is C18H23N5O2. The summed E-state index contributed by atoms with van der Waals surface area (Å²) in [5, 5.41) is 4.43. The summed E-state index contributed by atoms with van der Waals surface area (Å²) in [7, 11) is 0. The van der Waals surface area contributed by atoms with Crippen molar-refractivity contribution < 1.29 is 9.59 Å². The number of hydrogen-bond acceptors (Lipinski definition) is 4. The Balaban J connectivity index is 1.76. The number of aromatic nitrogens is 3. The average Bonchev–Trinajstić information content (AvgIpc) is 3.06. The van der Waals surface area contributed by atoms with Gasteiger partial charge in [0.2, 0.25) is 5.91 Å². The van der Waals surface area contributed by atoms with Gasteiger partial charge >= 0.3 is 0 Å². The molecule has 7 heteroatoms. The lowest BCUT2D eigenvalue weighted by Gasteiger charge is -2.22. The Morgan fingerprint density at radius 1 is 1.28 bits per heavy atom. The fraction of sp³-hybridized carbons (Fsp3) is 0.444. The number of fused-ring (bicyclic) bond motifs is 1. The summed E-state index contributed by atoms with van der Waals surface area (Å²) in [6.45, 7) is 7.24. The van der Waals surface area contributed by atoms with Crippen molar-refractivity contribution in [3.63, 3.8) is 0 Å². The molecule has 0 bridgehead atoms. The van der Waals surface area contributed by atoms with Crippen molar-refractivity contribution in [3.8, 4) is 0 Å². The first-order chi connectivity index (χ1) is 11.8. The molecule has 0 atom stereocenters. The molecule has 2 amide bonds. The van der Waals surface area contributed by atoms with Crippen LogP contribution >= 0.6 is 0 Å². The second kappa shape index (κ2) is 6.31. The normalized spacial score (nSPS) is 14.0. The van der Waals surface area contributed by atoms with Crippen LogP contribution in [0.3, 0.4) is 0 Å². The fourth-order valence-electron chi connectivity index (χ4n) is 3.05. The molecule has 7 nitrogen and oxygen atoms in total. The van der Waals surface area contributed by atoms with Crippen LogP contribution in [-0.4, -0.2) is 38.0 Å². The second-order valence-corrected chi connectivity index (χ2v) is 7.30. The van der Waals surface area contributed by atoms with Crippen LogP contribution in [0.4, 0.5) is 0 Å². The van der Waals surface area contributed by atoms with Gasteiger partial charge in [0.1, 0.15) is 5.82 Å². The Hall–Kier alpha value is -2.70. The molecule has 1 aliphatic heterocycles. The van der Waals surface area contributed by atoms with Gasteiger partial charge in [0.05, 0.1) is 12.0 Å². The summed E-state index contributed by atoms with van der Waals surface area (Å²) in [6.07, 6.45) is 0.590. The predicted molar refractivity (Wildman–Crippen MR) is 92.8 cm³/mol. The molecule has 2 aromatic rings. The maximum absolute atomic E-state index is 12.5. The molecule has 0 saturated carbocycles. The smallest absolute Gasteiger partial charge is 0.254 e. The van der Waals surface area contributed by atoms with Crippen LogP contribution in [0.2, 0.25) is 0 Å². The SMILES string of the molecule is CC(C)(C)n1nc(CC(N)=O)nc1CCN1Cc2ccccc2C1=O. The summed E-state index contributed by atoms with van der Waals surface area (Å²) in [5.74, 6) is 0.776. The Morgan fingerprint density at radius 3 is 2.64 bits per heavy atom. The van der Waals surface area contributed by atoms with Crippen molar-refractivity contribution in [1.29, 1.82) is 0 Å². The maximum Gasteiger partial charge on any atom is 0.254 e. The standard InChI is InChI=1S/C18H23N5O2/c1-18(2,3)23-16(20-15(21-23)10-14(19)24)8-9-22-11-12-6-4-5-7-13(12)17(22)25/h4-7H,8-11H2,1-3H3,(H2,19,24). The molecule has 3 rings (SSSR count). The van der Waals surface area contributed by atoms with Gasteiger partial charge in [-0.05, 0) is 32.4 Å². The number of nitrogens with two attached hydrogens (primary N) is 1. The van der Waals surface area contributed by atoms with E-state index in [1.165, 1.54) is 0 Å². The molecule has 2 heterocycles. The van der Waals surface area contributed by atoms with Gasteiger partial charge in [-0.3, -0.25) is 9.59 Å². The third-order valence-corrected chi connectivity index (χ3v) is 4.19. The minimum Gasteiger partial charge on any atom is -0.369 e. The molecule has 2 N–H and O–H groups in total. The van der Waals surface area contributed by atoms with E-state index < -0.39 is 5.91 Å². The molecule has 0 radical (unpaired) electrons. The molecule has 1 aliphatic rings. The Labute approximate surface area is 146 Å². The van der Waals surface area contributed by atoms with Crippen molar-refractivity contribution in [1.82, 2.24) is 19.7 Å². The number of primary amides is 1. The summed E-state index contributed by atoms with van der Waals surface area (Å²) >= 11 is 0. The molecule has 132 valence electrons. The number of carbonyl (C=O) groups is 2. The van der Waals surface area contributed by atoms with Crippen LogP contribution < -0.4 is 5.73 Å². The van der Waals surface area contributed by atoms with Gasteiger partial charge in [0.15, 0.2) is 5.82 Å². The van der Waals surface area contributed by atoms with Crippen molar-refractivity contribution in [2.24, 2.45) is 5.73 Å². The molecular weight excluding hydrogens is 318 g/mol. The van der Waals surface area contributed by atoms with Gasteiger partial charge < -0.3 is 10.6 Å². The number of benzene rings is 1. The number of hydrogen-bond donors (Lipinski definition) is 1. The predicted octanol–water partition coefficient (Wildman–Crippen LogP) is 1.26. The summed E-state index contributed by atoms with van der Waals surface area (Å²) in [5.41, 5.74) is 6.81. The third kappa shape index (κ3) is 3.55. The second-order valence-electron chi connectivity index (χ2n) is 7.30. The molecule has 0 saturated heterocycles. The Kier molecular flexibility index (Phi) is 4.32. The molecule has 25 heavy (non-hydrogen) atoms. The lowest BCUT2D eigenvalue weighted by Crippen LogP contribution is -2.30. The quantitative estimate of drug-likeness (QED) is 0.886. The summed E-state index contributed by atoms with van der Waals surface area (Å²) in [4.78, 5) is 29.9. The third-order valence-electron chi connectivity index (χ3n) is 4.19. The first-order valence-electron chi connectivity index (χ1n) is 8.36. The lowest BCUT2D eigenvalue weighted by atomic mass is 10.1. The minimum atomic E-state index is -0.456. The first kappa shape index (κ1) is 17.1. The van der Waals surface area contributed by atoms with E-state index in [1.807, 2.05) is 54.6 Å². The van der Waals surface area contributed by atoms with Gasteiger partial charge in [-0.25, -0.2) is 9.67 Å². The van der Waals surface area contributed by atoms with E-state index >= 15 is 0 Å². The highest BCUT2D eigenvalue weighted by atomic mass is 16.2. The van der Waals surface area contributed by atoms with Crippen molar-refractivity contribution in [2.45, 2.75) is 45.7 Å². The monoisotopic (exact) mass is 341 g/mol. The van der Waals surface area contributed by atoms with Crippen LogP contribution in [-0.2, 0) is 29.7 Å². The zero-order chi connectivity index (χ0) is 18.2. The fourth-order valence-corrected chi connectivity index (χ4v) is 3.05. The summed E-state index contributed by atoms with van der Waals surface area (Å²) in [6, 6.07) is 7.67. The summed E-state index contributed by atoms with van der Waals surface area (Å²) < 4.78 is 1.82. The van der Waals surface area contributed by atoms with E-state index in [4.69, 9.17) is 5.73 Å². The van der Waals surface area contributed by atoms with Crippen LogP contribution in [0, 0.1) is 0 Å². The highest BCUT2D eigenvalue weighted by molar-refractivity contribution is 5.98. The van der Waals surface area contributed by atoms with E-state index in [9.17, 15) is 9.59 Å². The Bertz CT molecular complexity index is 819. The van der Waals surface area contributed by atoms with Crippen molar-refractivity contribution in [2.75, 3.05) is 6.54 Å². The van der Waals surface area contributed by atoms with Crippen LogP contribution in [0.15, 0.2) is 24.3 Å². The highest BCUT2D eigenvalue weighted by Gasteiger charge is 2.28. The van der Waals surface area contributed by atoms with E-state index in [0.29, 0.717) is 25.3 Å². The van der Waals surface area contributed by atoms with Crippen LogP contribution in [0.1, 0.15) is 48.3 Å². The minimum absolute atomic E-state index is 0.0180. The van der Waals surface area contributed by atoms with Gasteiger partial charge in [-0.15, -0.1) is 0 Å². The maximum atomic E-state index is 12.5. The van der Waals surface area contributed by atoms with Crippen LogP contribution in [0.5, 0.6) is 0 Å². The molecule has 0 fully saturated rings. The van der Waals surface area contributed by atoms with Crippen molar-refractivity contribution >= 4 is 11.8 Å². The zero-order valence-electron chi connectivity index (χ0n) is 14.8. The van der Waals surface area contributed by atoms with E-state index in [2.05, 4.69) is 10.1 Å². The number of amides is 2. The van der Waals surface area contributed by atoms with Gasteiger partial charge in [-0.1, -0.05) is 18.2 Å².